The molecular weight excluding hydrogens is 491 g/mol. The fourth-order valence-electron chi connectivity index (χ4n) is 3.12. The Balaban J connectivity index is 1.80. The molecule has 0 aromatic heterocycles. The molecular formula is C27H21Cl3N2O2. The number of rotatable bonds is 8. The number of aryl methyl sites for hydroxylation is 1. The van der Waals surface area contributed by atoms with Crippen LogP contribution in [-0.2, 0) is 17.8 Å². The molecule has 172 valence electrons. The number of ether oxygens (including phenoxy) is 1. The van der Waals surface area contributed by atoms with E-state index in [9.17, 15) is 10.1 Å². The van der Waals surface area contributed by atoms with Gasteiger partial charge in [-0.15, -0.1) is 6.58 Å². The molecule has 34 heavy (non-hydrogen) atoms. The smallest absolute Gasteiger partial charge is 0.266 e. The number of hydrogen-bond donors (Lipinski definition) is 1. The van der Waals surface area contributed by atoms with Gasteiger partial charge in [-0.25, -0.2) is 0 Å². The van der Waals surface area contributed by atoms with Gasteiger partial charge >= 0.3 is 0 Å². The fourth-order valence-corrected chi connectivity index (χ4v) is 3.77. The topological polar surface area (TPSA) is 62.1 Å². The zero-order valence-corrected chi connectivity index (χ0v) is 20.6. The van der Waals surface area contributed by atoms with E-state index in [1.807, 2.05) is 25.1 Å². The number of halogens is 3. The maximum absolute atomic E-state index is 12.6. The van der Waals surface area contributed by atoms with E-state index in [4.69, 9.17) is 39.5 Å². The summed E-state index contributed by atoms with van der Waals surface area (Å²) in [6.45, 7) is 5.93. The van der Waals surface area contributed by atoms with Gasteiger partial charge in [-0.05, 0) is 72.5 Å². The number of carbonyl (C=O) groups excluding carboxylic acids is 1. The summed E-state index contributed by atoms with van der Waals surface area (Å²) in [5.74, 6) is 0.130. The highest BCUT2D eigenvalue weighted by atomic mass is 35.5. The third-order valence-corrected chi connectivity index (χ3v) is 5.95. The standard InChI is InChI=1S/C27H21Cl3N2O2/c1-3-4-19-11-18(6-10-26(19)34-16-20-7-8-22(28)13-25(20)30)12-21(15-31)27(33)32-23-9-5-17(2)24(29)14-23/h3,5-14H,1,4,16H2,2H3,(H,32,33)/b21-12-. The van der Waals surface area contributed by atoms with Crippen LogP contribution in [0.5, 0.6) is 5.75 Å². The van der Waals surface area contributed by atoms with Gasteiger partial charge in [0, 0.05) is 26.3 Å². The maximum atomic E-state index is 12.6. The Bertz CT molecular complexity index is 1310. The average molecular weight is 512 g/mol. The number of nitriles is 1. The molecule has 4 nitrogen and oxygen atoms in total. The number of allylic oxidation sites excluding steroid dienone is 1. The Morgan fingerprint density at radius 1 is 1.06 bits per heavy atom. The summed E-state index contributed by atoms with van der Waals surface area (Å²) in [6, 6.07) is 17.8. The van der Waals surface area contributed by atoms with E-state index in [1.165, 1.54) is 6.08 Å². The van der Waals surface area contributed by atoms with Crippen molar-refractivity contribution in [2.75, 3.05) is 5.32 Å². The molecule has 0 saturated heterocycles. The lowest BCUT2D eigenvalue weighted by Gasteiger charge is -2.13. The van der Waals surface area contributed by atoms with E-state index in [1.54, 1.807) is 48.5 Å². The molecule has 1 N–H and O–H groups in total. The van der Waals surface area contributed by atoms with Crippen LogP contribution in [0.15, 0.2) is 72.8 Å². The van der Waals surface area contributed by atoms with Crippen molar-refractivity contribution in [2.24, 2.45) is 0 Å². The Morgan fingerprint density at radius 2 is 1.85 bits per heavy atom. The average Bonchev–Trinajstić information content (AvgIpc) is 2.80. The van der Waals surface area contributed by atoms with Crippen LogP contribution in [0.3, 0.4) is 0 Å². The molecule has 0 aliphatic carbocycles. The van der Waals surface area contributed by atoms with Gasteiger partial charge < -0.3 is 10.1 Å². The third kappa shape index (κ3) is 6.65. The molecule has 0 saturated carbocycles. The first kappa shape index (κ1) is 25.4. The van der Waals surface area contributed by atoms with Crippen LogP contribution < -0.4 is 10.1 Å². The van der Waals surface area contributed by atoms with Gasteiger partial charge in [0.15, 0.2) is 0 Å². The van der Waals surface area contributed by atoms with Gasteiger partial charge in [0.05, 0.1) is 0 Å². The van der Waals surface area contributed by atoms with Crippen molar-refractivity contribution in [3.63, 3.8) is 0 Å². The minimum absolute atomic E-state index is 0.0390. The van der Waals surface area contributed by atoms with Crippen molar-refractivity contribution in [3.8, 4) is 11.8 Å². The Labute approximate surface area is 214 Å². The normalized spacial score (nSPS) is 11.0. The zero-order valence-electron chi connectivity index (χ0n) is 18.4. The molecule has 0 atom stereocenters. The van der Waals surface area contributed by atoms with Gasteiger partial charge in [-0.2, -0.15) is 5.26 Å². The largest absolute Gasteiger partial charge is 0.489 e. The van der Waals surface area contributed by atoms with Crippen molar-refractivity contribution in [3.05, 3.63) is 110 Å². The lowest BCUT2D eigenvalue weighted by atomic mass is 10.0. The van der Waals surface area contributed by atoms with Crippen molar-refractivity contribution in [1.82, 2.24) is 0 Å². The lowest BCUT2D eigenvalue weighted by molar-refractivity contribution is -0.112. The van der Waals surface area contributed by atoms with E-state index < -0.39 is 5.91 Å². The predicted molar refractivity (Wildman–Crippen MR) is 140 cm³/mol. The van der Waals surface area contributed by atoms with Crippen LogP contribution in [-0.4, -0.2) is 5.91 Å². The zero-order chi connectivity index (χ0) is 24.7. The predicted octanol–water partition coefficient (Wildman–Crippen LogP) is 7.81. The second-order valence-electron chi connectivity index (χ2n) is 7.47. The van der Waals surface area contributed by atoms with Gasteiger partial charge in [-0.1, -0.05) is 59.1 Å². The van der Waals surface area contributed by atoms with Gasteiger partial charge in [0.25, 0.3) is 5.91 Å². The SMILES string of the molecule is C=CCc1cc(/C=C(/C#N)C(=O)Nc2ccc(C)c(Cl)c2)ccc1OCc1ccc(Cl)cc1Cl. The third-order valence-electron chi connectivity index (χ3n) is 4.95. The van der Waals surface area contributed by atoms with E-state index in [-0.39, 0.29) is 12.2 Å². The van der Waals surface area contributed by atoms with Crippen molar-refractivity contribution in [1.29, 1.82) is 5.26 Å². The summed E-state index contributed by atoms with van der Waals surface area (Å²) in [5.41, 5.74) is 3.71. The van der Waals surface area contributed by atoms with Crippen molar-refractivity contribution in [2.45, 2.75) is 20.0 Å². The molecule has 0 bridgehead atoms. The monoisotopic (exact) mass is 510 g/mol. The first-order chi connectivity index (χ1) is 16.3. The molecule has 1 amide bonds. The molecule has 0 heterocycles. The van der Waals surface area contributed by atoms with Crippen LogP contribution in [0.25, 0.3) is 6.08 Å². The number of anilines is 1. The lowest BCUT2D eigenvalue weighted by Crippen LogP contribution is -2.13. The Hall–Kier alpha value is -3.23. The molecule has 3 aromatic carbocycles. The number of nitrogens with one attached hydrogen (secondary N) is 1. The summed E-state index contributed by atoms with van der Waals surface area (Å²) in [6.07, 6.45) is 3.82. The molecule has 0 radical (unpaired) electrons. The molecule has 7 heteroatoms. The first-order valence-corrected chi connectivity index (χ1v) is 11.4. The van der Waals surface area contributed by atoms with Crippen molar-refractivity contribution < 1.29 is 9.53 Å². The van der Waals surface area contributed by atoms with Gasteiger partial charge in [-0.3, -0.25) is 4.79 Å². The molecule has 0 unspecified atom stereocenters. The molecule has 3 aromatic rings. The van der Waals surface area contributed by atoms with E-state index in [0.29, 0.717) is 38.5 Å². The van der Waals surface area contributed by atoms with E-state index in [0.717, 1.165) is 16.7 Å². The van der Waals surface area contributed by atoms with Crippen LogP contribution >= 0.6 is 34.8 Å². The van der Waals surface area contributed by atoms with E-state index in [2.05, 4.69) is 11.9 Å². The van der Waals surface area contributed by atoms with Crippen LogP contribution in [0.4, 0.5) is 5.69 Å². The van der Waals surface area contributed by atoms with Gasteiger partial charge in [0.2, 0.25) is 0 Å². The second-order valence-corrected chi connectivity index (χ2v) is 8.72. The maximum Gasteiger partial charge on any atom is 0.266 e. The molecule has 0 spiro atoms. The summed E-state index contributed by atoms with van der Waals surface area (Å²) in [4.78, 5) is 12.6. The molecule has 0 fully saturated rings. The molecule has 3 rings (SSSR count). The quantitative estimate of drug-likeness (QED) is 0.191. The minimum Gasteiger partial charge on any atom is -0.489 e. The minimum atomic E-state index is -0.523. The summed E-state index contributed by atoms with van der Waals surface area (Å²) in [5, 5.41) is 13.9. The fraction of sp³-hybridized carbons (Fsp3) is 0.111. The summed E-state index contributed by atoms with van der Waals surface area (Å²) < 4.78 is 5.98. The first-order valence-electron chi connectivity index (χ1n) is 10.3. The highest BCUT2D eigenvalue weighted by Gasteiger charge is 2.12. The van der Waals surface area contributed by atoms with E-state index >= 15 is 0 Å². The number of amides is 1. The molecule has 0 aliphatic heterocycles. The van der Waals surface area contributed by atoms with Crippen LogP contribution in [0, 0.1) is 18.3 Å². The van der Waals surface area contributed by atoms with Crippen molar-refractivity contribution >= 4 is 52.5 Å². The van der Waals surface area contributed by atoms with Crippen LogP contribution in [0.1, 0.15) is 22.3 Å². The molecule has 0 aliphatic rings. The Kier molecular flexibility index (Phi) is 8.79. The summed E-state index contributed by atoms with van der Waals surface area (Å²) in [7, 11) is 0. The van der Waals surface area contributed by atoms with Crippen LogP contribution in [0.2, 0.25) is 15.1 Å². The highest BCUT2D eigenvalue weighted by Crippen LogP contribution is 2.27. The number of hydrogen-bond acceptors (Lipinski definition) is 3. The second kappa shape index (κ2) is 11.8. The highest BCUT2D eigenvalue weighted by molar-refractivity contribution is 6.35. The number of carbonyl (C=O) groups is 1. The summed E-state index contributed by atoms with van der Waals surface area (Å²) >= 11 is 18.3. The number of nitrogens with zero attached hydrogens (tertiary/aromatic N) is 1. The number of benzene rings is 3. The van der Waals surface area contributed by atoms with Gasteiger partial charge in [0.1, 0.15) is 24.0 Å². The Morgan fingerprint density at radius 3 is 2.53 bits per heavy atom.